The minimum Gasteiger partial charge on any atom is -0.383 e. The molecule has 162 valence electrons. The van der Waals surface area contributed by atoms with Crippen molar-refractivity contribution < 1.29 is 17.9 Å². The molecule has 0 bridgehead atoms. The summed E-state index contributed by atoms with van der Waals surface area (Å²) in [6.07, 6.45) is 2.81. The van der Waals surface area contributed by atoms with Gasteiger partial charge in [-0.25, -0.2) is 17.7 Å². The van der Waals surface area contributed by atoms with E-state index in [-0.39, 0.29) is 16.8 Å². The number of unbranched alkanes of at least 4 members (excludes halogenated alkanes) is 1. The number of methoxy groups -OCH3 is 1. The quantitative estimate of drug-likeness (QED) is 0.597. The van der Waals surface area contributed by atoms with Crippen LogP contribution in [0.2, 0.25) is 0 Å². The minimum absolute atomic E-state index is 0.0507. The monoisotopic (exact) mass is 424 g/mol. The van der Waals surface area contributed by atoms with E-state index in [0.717, 1.165) is 30.7 Å². The Morgan fingerprint density at radius 2 is 2.07 bits per heavy atom. The number of ether oxygens (including phenoxy) is 1. The molecule has 1 atom stereocenters. The summed E-state index contributed by atoms with van der Waals surface area (Å²) in [6, 6.07) is 4.98. The van der Waals surface area contributed by atoms with Crippen molar-refractivity contribution in [1.82, 2.24) is 19.2 Å². The van der Waals surface area contributed by atoms with Gasteiger partial charge in [-0.3, -0.25) is 4.79 Å². The first-order valence-electron chi connectivity index (χ1n) is 9.90. The fraction of sp³-hybridized carbons (Fsp3) is 0.600. The first-order chi connectivity index (χ1) is 13.7. The second-order valence-electron chi connectivity index (χ2n) is 7.40. The van der Waals surface area contributed by atoms with Gasteiger partial charge in [0, 0.05) is 46.6 Å². The number of benzene rings is 1. The molecular weight excluding hydrogens is 392 g/mol. The molecule has 0 aliphatic carbocycles. The fourth-order valence-electron chi connectivity index (χ4n) is 3.15. The van der Waals surface area contributed by atoms with Gasteiger partial charge in [0.05, 0.1) is 22.5 Å². The second kappa shape index (κ2) is 10.2. The zero-order valence-corrected chi connectivity index (χ0v) is 18.8. The van der Waals surface area contributed by atoms with Gasteiger partial charge < -0.3 is 14.6 Å². The minimum atomic E-state index is -3.53. The number of amides is 1. The van der Waals surface area contributed by atoms with Crippen molar-refractivity contribution >= 4 is 27.0 Å². The van der Waals surface area contributed by atoms with Gasteiger partial charge in [-0.05, 0) is 31.5 Å². The number of rotatable bonds is 11. The number of imidazole rings is 1. The van der Waals surface area contributed by atoms with E-state index in [9.17, 15) is 13.2 Å². The standard InChI is InChI=1S/C20H32N4O4S/c1-6-7-12-24-18-9-8-16(29(26,27)23(3)4)13-17(18)22-19(24)10-11-20(25)21-15(2)14-28-5/h8-9,13,15H,6-7,10-12,14H2,1-5H3,(H,21,25)/t15-/m1/s1. The molecule has 1 aromatic carbocycles. The van der Waals surface area contributed by atoms with Gasteiger partial charge in [-0.1, -0.05) is 13.3 Å². The molecule has 0 fully saturated rings. The van der Waals surface area contributed by atoms with Crippen LogP contribution in [0.25, 0.3) is 11.0 Å². The summed E-state index contributed by atoms with van der Waals surface area (Å²) in [5, 5.41) is 2.90. The molecule has 0 unspecified atom stereocenters. The average molecular weight is 425 g/mol. The lowest BCUT2D eigenvalue weighted by atomic mass is 10.2. The Kier molecular flexibility index (Phi) is 8.18. The van der Waals surface area contributed by atoms with Gasteiger partial charge in [-0.2, -0.15) is 0 Å². The molecule has 0 aliphatic rings. The Morgan fingerprint density at radius 3 is 2.69 bits per heavy atom. The predicted octanol–water partition coefficient (Wildman–Crippen LogP) is 2.17. The number of aromatic nitrogens is 2. The highest BCUT2D eigenvalue weighted by Crippen LogP contribution is 2.23. The van der Waals surface area contributed by atoms with Crippen molar-refractivity contribution in [2.45, 2.75) is 57.0 Å². The Labute approximate surface area is 173 Å². The molecule has 1 aromatic heterocycles. The molecular formula is C20H32N4O4S. The van der Waals surface area contributed by atoms with Gasteiger partial charge in [-0.15, -0.1) is 0 Å². The van der Waals surface area contributed by atoms with Gasteiger partial charge in [0.25, 0.3) is 0 Å². The lowest BCUT2D eigenvalue weighted by molar-refractivity contribution is -0.122. The molecule has 2 rings (SSSR count). The van der Waals surface area contributed by atoms with Gasteiger partial charge in [0.2, 0.25) is 15.9 Å². The van der Waals surface area contributed by atoms with E-state index in [4.69, 9.17) is 4.74 Å². The number of carbonyl (C=O) groups is 1. The molecule has 8 nitrogen and oxygen atoms in total. The molecule has 1 N–H and O–H groups in total. The fourth-order valence-corrected chi connectivity index (χ4v) is 4.07. The lowest BCUT2D eigenvalue weighted by Gasteiger charge is -2.13. The lowest BCUT2D eigenvalue weighted by Crippen LogP contribution is -2.35. The van der Waals surface area contributed by atoms with Crippen LogP contribution < -0.4 is 5.32 Å². The summed E-state index contributed by atoms with van der Waals surface area (Å²) in [6.45, 7) is 5.25. The largest absolute Gasteiger partial charge is 0.383 e. The van der Waals surface area contributed by atoms with E-state index in [0.29, 0.717) is 25.0 Å². The number of fused-ring (bicyclic) bond motifs is 1. The molecule has 0 saturated heterocycles. The first kappa shape index (κ1) is 23.3. The summed E-state index contributed by atoms with van der Waals surface area (Å²) in [4.78, 5) is 17.1. The Balaban J connectivity index is 2.29. The van der Waals surface area contributed by atoms with E-state index in [1.807, 2.05) is 6.92 Å². The normalized spacial score (nSPS) is 13.2. The number of aryl methyl sites for hydroxylation is 2. The van der Waals surface area contributed by atoms with Crippen LogP contribution >= 0.6 is 0 Å². The summed E-state index contributed by atoms with van der Waals surface area (Å²) in [7, 11) is 1.09. The molecule has 0 spiro atoms. The van der Waals surface area contributed by atoms with Crippen LogP contribution in [0.1, 0.15) is 38.9 Å². The molecule has 2 aromatic rings. The van der Waals surface area contributed by atoms with E-state index in [1.165, 1.54) is 18.4 Å². The van der Waals surface area contributed by atoms with Gasteiger partial charge >= 0.3 is 0 Å². The topological polar surface area (TPSA) is 93.5 Å². The van der Waals surface area contributed by atoms with Crippen LogP contribution in [-0.4, -0.2) is 62.0 Å². The highest BCUT2D eigenvalue weighted by molar-refractivity contribution is 7.89. The SMILES string of the molecule is CCCCn1c(CCC(=O)N[C@H](C)COC)nc2cc(S(=O)(=O)N(C)C)ccc21. The number of nitrogens with one attached hydrogen (secondary N) is 1. The molecule has 9 heteroatoms. The van der Waals surface area contributed by atoms with Crippen molar-refractivity contribution in [3.63, 3.8) is 0 Å². The predicted molar refractivity (Wildman–Crippen MR) is 113 cm³/mol. The van der Waals surface area contributed by atoms with Crippen LogP contribution in [0.4, 0.5) is 0 Å². The number of carbonyl (C=O) groups excluding carboxylic acids is 1. The number of sulfonamides is 1. The Hall–Kier alpha value is -1.97. The first-order valence-corrected chi connectivity index (χ1v) is 11.3. The molecule has 1 amide bonds. The van der Waals surface area contributed by atoms with E-state index < -0.39 is 10.0 Å². The Bertz CT molecular complexity index is 937. The van der Waals surface area contributed by atoms with Crippen molar-refractivity contribution in [2.24, 2.45) is 0 Å². The van der Waals surface area contributed by atoms with Crippen molar-refractivity contribution in [3.8, 4) is 0 Å². The van der Waals surface area contributed by atoms with Crippen molar-refractivity contribution in [2.75, 3.05) is 27.8 Å². The van der Waals surface area contributed by atoms with Crippen LogP contribution in [0, 0.1) is 0 Å². The summed E-state index contributed by atoms with van der Waals surface area (Å²) in [5.74, 6) is 0.738. The highest BCUT2D eigenvalue weighted by atomic mass is 32.2. The zero-order valence-electron chi connectivity index (χ0n) is 17.9. The number of hydrogen-bond acceptors (Lipinski definition) is 5. The summed E-state index contributed by atoms with van der Waals surface area (Å²) in [5.41, 5.74) is 1.52. The van der Waals surface area contributed by atoms with Crippen molar-refractivity contribution in [1.29, 1.82) is 0 Å². The van der Waals surface area contributed by atoms with Gasteiger partial charge in [0.1, 0.15) is 5.82 Å². The zero-order chi connectivity index (χ0) is 21.6. The molecule has 29 heavy (non-hydrogen) atoms. The van der Waals surface area contributed by atoms with E-state index >= 15 is 0 Å². The van der Waals surface area contributed by atoms with Crippen molar-refractivity contribution in [3.05, 3.63) is 24.0 Å². The summed E-state index contributed by atoms with van der Waals surface area (Å²) >= 11 is 0. The van der Waals surface area contributed by atoms with Crippen LogP contribution in [0.3, 0.4) is 0 Å². The maximum Gasteiger partial charge on any atom is 0.242 e. The third kappa shape index (κ3) is 5.77. The molecule has 1 heterocycles. The van der Waals surface area contributed by atoms with Gasteiger partial charge in [0.15, 0.2) is 0 Å². The van der Waals surface area contributed by atoms with Crippen LogP contribution in [-0.2, 0) is 32.5 Å². The average Bonchev–Trinajstić information content (AvgIpc) is 3.01. The Morgan fingerprint density at radius 1 is 1.34 bits per heavy atom. The second-order valence-corrected chi connectivity index (χ2v) is 9.55. The maximum atomic E-state index is 12.4. The van der Waals surface area contributed by atoms with E-state index in [1.54, 1.807) is 25.3 Å². The number of hydrogen-bond donors (Lipinski definition) is 1. The maximum absolute atomic E-state index is 12.4. The number of nitrogens with zero attached hydrogens (tertiary/aromatic N) is 3. The summed E-state index contributed by atoms with van der Waals surface area (Å²) < 4.78 is 33.2. The molecule has 0 radical (unpaired) electrons. The third-order valence-corrected chi connectivity index (χ3v) is 6.52. The molecule has 0 aliphatic heterocycles. The third-order valence-electron chi connectivity index (χ3n) is 4.71. The molecule has 0 saturated carbocycles. The van der Waals surface area contributed by atoms with Crippen LogP contribution in [0.15, 0.2) is 23.1 Å². The van der Waals surface area contributed by atoms with Crippen LogP contribution in [0.5, 0.6) is 0 Å². The highest BCUT2D eigenvalue weighted by Gasteiger charge is 2.20. The van der Waals surface area contributed by atoms with E-state index in [2.05, 4.69) is 21.8 Å². The smallest absolute Gasteiger partial charge is 0.242 e.